The van der Waals surface area contributed by atoms with Crippen molar-refractivity contribution in [2.24, 2.45) is 5.14 Å². The lowest BCUT2D eigenvalue weighted by molar-refractivity contribution is 0.101. The minimum atomic E-state index is -3.79. The van der Waals surface area contributed by atoms with Crippen LogP contribution in [0.2, 0.25) is 0 Å². The topological polar surface area (TPSA) is 104 Å². The maximum absolute atomic E-state index is 11.7. The highest BCUT2D eigenvalue weighted by molar-refractivity contribution is 7.98. The number of carbonyl (C=O) groups excluding carboxylic acids is 1. The second-order valence-electron chi connectivity index (χ2n) is 6.61. The molecule has 0 radical (unpaired) electrons. The summed E-state index contributed by atoms with van der Waals surface area (Å²) in [7, 11) is -2.20. The maximum Gasteiger partial charge on any atom is 0.238 e. The van der Waals surface area contributed by atoms with Crippen molar-refractivity contribution >= 4 is 38.6 Å². The normalized spacial score (nSPS) is 11.7. The van der Waals surface area contributed by atoms with Crippen molar-refractivity contribution in [1.82, 2.24) is 9.55 Å². The van der Waals surface area contributed by atoms with Crippen LogP contribution < -0.4 is 9.88 Å². The van der Waals surface area contributed by atoms with E-state index in [9.17, 15) is 13.2 Å². The van der Waals surface area contributed by atoms with Crippen LogP contribution in [0.5, 0.6) is 5.75 Å². The number of Topliss-reactive ketones (excluding diaryl/α,β-unsaturated/α-hetero) is 1. The van der Waals surface area contributed by atoms with Crippen molar-refractivity contribution in [3.8, 4) is 5.75 Å². The standard InChI is InChI=1S/C20H23N3O4S2/c1-4-9-23-18-7-6-16(29(21,25)26)11-17(18)22-20(23)28-12-15-10-14(13(2)24)5-8-19(15)27-3/h5-8,10-11H,4,9,12H2,1-3H3,(H2,21,25,26). The van der Waals surface area contributed by atoms with E-state index in [4.69, 9.17) is 9.88 Å². The summed E-state index contributed by atoms with van der Waals surface area (Å²) in [4.78, 5) is 16.4. The summed E-state index contributed by atoms with van der Waals surface area (Å²) in [5, 5.41) is 6.01. The van der Waals surface area contributed by atoms with Gasteiger partial charge in [-0.1, -0.05) is 18.7 Å². The van der Waals surface area contributed by atoms with E-state index in [2.05, 4.69) is 16.5 Å². The summed E-state index contributed by atoms with van der Waals surface area (Å²) >= 11 is 1.51. The molecule has 2 aromatic carbocycles. The van der Waals surface area contributed by atoms with Crippen molar-refractivity contribution < 1.29 is 17.9 Å². The number of ether oxygens (including phenoxy) is 1. The number of rotatable bonds is 8. The Bertz CT molecular complexity index is 1170. The fourth-order valence-electron chi connectivity index (χ4n) is 3.07. The molecule has 0 fully saturated rings. The predicted octanol–water partition coefficient (Wildman–Crippen LogP) is 3.60. The third-order valence-electron chi connectivity index (χ3n) is 4.50. The van der Waals surface area contributed by atoms with Crippen LogP contribution in [0.3, 0.4) is 0 Å². The number of nitrogens with two attached hydrogens (primary N) is 1. The zero-order valence-corrected chi connectivity index (χ0v) is 18.1. The van der Waals surface area contributed by atoms with E-state index in [1.807, 2.05) is 6.07 Å². The number of hydrogen-bond acceptors (Lipinski definition) is 6. The molecule has 0 saturated carbocycles. The molecule has 0 aliphatic rings. The molecule has 1 heterocycles. The number of ketones is 1. The Morgan fingerprint density at radius 1 is 1.24 bits per heavy atom. The van der Waals surface area contributed by atoms with E-state index in [1.54, 1.807) is 25.3 Å². The number of fused-ring (bicyclic) bond motifs is 1. The van der Waals surface area contributed by atoms with Gasteiger partial charge in [0.05, 0.1) is 23.0 Å². The third kappa shape index (κ3) is 4.63. The zero-order chi connectivity index (χ0) is 21.2. The number of imidazole rings is 1. The van der Waals surface area contributed by atoms with Crippen molar-refractivity contribution in [3.05, 3.63) is 47.5 Å². The smallest absolute Gasteiger partial charge is 0.238 e. The SMILES string of the molecule is CCCn1c(SCc2cc(C(C)=O)ccc2OC)nc2cc(S(N)(=O)=O)ccc21. The van der Waals surface area contributed by atoms with Crippen LogP contribution in [-0.4, -0.2) is 30.9 Å². The van der Waals surface area contributed by atoms with Gasteiger partial charge in [-0.2, -0.15) is 0 Å². The number of primary sulfonamides is 1. The number of thioether (sulfide) groups is 1. The van der Waals surface area contributed by atoms with Gasteiger partial charge in [0.2, 0.25) is 10.0 Å². The van der Waals surface area contributed by atoms with Gasteiger partial charge in [-0.15, -0.1) is 0 Å². The molecule has 154 valence electrons. The van der Waals surface area contributed by atoms with Gasteiger partial charge in [-0.3, -0.25) is 4.79 Å². The fourth-order valence-corrected chi connectivity index (χ4v) is 4.62. The van der Waals surface area contributed by atoms with Crippen molar-refractivity contribution in [3.63, 3.8) is 0 Å². The number of aromatic nitrogens is 2. The van der Waals surface area contributed by atoms with E-state index in [-0.39, 0.29) is 10.7 Å². The lowest BCUT2D eigenvalue weighted by Crippen LogP contribution is -2.11. The monoisotopic (exact) mass is 433 g/mol. The molecule has 0 spiro atoms. The first-order valence-electron chi connectivity index (χ1n) is 9.08. The van der Waals surface area contributed by atoms with Gasteiger partial charge < -0.3 is 9.30 Å². The van der Waals surface area contributed by atoms with E-state index < -0.39 is 10.0 Å². The summed E-state index contributed by atoms with van der Waals surface area (Å²) in [5.41, 5.74) is 2.95. The molecule has 0 bridgehead atoms. The number of aryl methyl sites for hydroxylation is 1. The highest BCUT2D eigenvalue weighted by Crippen LogP contribution is 2.31. The van der Waals surface area contributed by atoms with Gasteiger partial charge in [-0.25, -0.2) is 18.5 Å². The van der Waals surface area contributed by atoms with Crippen LogP contribution in [0.4, 0.5) is 0 Å². The molecule has 0 amide bonds. The molecular formula is C20H23N3O4S2. The summed E-state index contributed by atoms with van der Waals surface area (Å²) in [5.74, 6) is 1.25. The first kappa shape index (κ1) is 21.4. The quantitative estimate of drug-likeness (QED) is 0.430. The van der Waals surface area contributed by atoms with Crippen LogP contribution in [-0.2, 0) is 22.3 Å². The third-order valence-corrected chi connectivity index (χ3v) is 6.44. The van der Waals surface area contributed by atoms with E-state index in [0.29, 0.717) is 22.6 Å². The summed E-state index contributed by atoms with van der Waals surface area (Å²) in [6, 6.07) is 10.1. The van der Waals surface area contributed by atoms with Gasteiger partial charge in [0.1, 0.15) is 5.75 Å². The van der Waals surface area contributed by atoms with Crippen LogP contribution in [0.1, 0.15) is 36.2 Å². The Morgan fingerprint density at radius 2 is 2.00 bits per heavy atom. The highest BCUT2D eigenvalue weighted by Gasteiger charge is 2.16. The number of sulfonamides is 1. The number of benzene rings is 2. The molecule has 0 aliphatic heterocycles. The van der Waals surface area contributed by atoms with Crippen molar-refractivity contribution in [2.75, 3.05) is 7.11 Å². The maximum atomic E-state index is 11.7. The molecule has 3 rings (SSSR count). The molecule has 1 aromatic heterocycles. The Labute approximate surface area is 174 Å². The Balaban J connectivity index is 1.98. The molecular weight excluding hydrogens is 410 g/mol. The molecule has 3 aromatic rings. The fraction of sp³-hybridized carbons (Fsp3) is 0.300. The molecule has 0 saturated heterocycles. The van der Waals surface area contributed by atoms with E-state index >= 15 is 0 Å². The first-order valence-corrected chi connectivity index (χ1v) is 11.6. The second-order valence-corrected chi connectivity index (χ2v) is 9.12. The molecule has 0 atom stereocenters. The Hall–Kier alpha value is -2.36. The van der Waals surface area contributed by atoms with Crippen LogP contribution >= 0.6 is 11.8 Å². The Kier molecular flexibility index (Phi) is 6.30. The Morgan fingerprint density at radius 3 is 2.62 bits per heavy atom. The highest BCUT2D eigenvalue weighted by atomic mass is 32.2. The average molecular weight is 434 g/mol. The van der Waals surface area contributed by atoms with E-state index in [0.717, 1.165) is 29.2 Å². The zero-order valence-electron chi connectivity index (χ0n) is 16.5. The first-order chi connectivity index (χ1) is 13.7. The number of carbonyl (C=O) groups is 1. The largest absolute Gasteiger partial charge is 0.496 e. The number of hydrogen-bond donors (Lipinski definition) is 1. The number of nitrogens with zero attached hydrogens (tertiary/aromatic N) is 2. The van der Waals surface area contributed by atoms with Crippen molar-refractivity contribution in [2.45, 2.75) is 42.6 Å². The minimum absolute atomic E-state index is 0.00681. The van der Waals surface area contributed by atoms with Gasteiger partial charge in [-0.05, 0) is 49.7 Å². The summed E-state index contributed by atoms with van der Waals surface area (Å²) < 4.78 is 30.8. The lowest BCUT2D eigenvalue weighted by Gasteiger charge is -2.11. The number of methoxy groups -OCH3 is 1. The molecule has 0 aliphatic carbocycles. The van der Waals surface area contributed by atoms with Gasteiger partial charge >= 0.3 is 0 Å². The van der Waals surface area contributed by atoms with Crippen LogP contribution in [0, 0.1) is 0 Å². The minimum Gasteiger partial charge on any atom is -0.496 e. The summed E-state index contributed by atoms with van der Waals surface area (Å²) in [6.45, 7) is 4.35. The van der Waals surface area contributed by atoms with Gasteiger partial charge in [0.25, 0.3) is 0 Å². The molecule has 2 N–H and O–H groups in total. The molecule has 9 heteroatoms. The van der Waals surface area contributed by atoms with Gasteiger partial charge in [0.15, 0.2) is 10.9 Å². The summed E-state index contributed by atoms with van der Waals surface area (Å²) in [6.07, 6.45) is 0.902. The molecule has 7 nitrogen and oxygen atoms in total. The lowest BCUT2D eigenvalue weighted by atomic mass is 10.1. The van der Waals surface area contributed by atoms with Crippen molar-refractivity contribution in [1.29, 1.82) is 0 Å². The predicted molar refractivity (Wildman–Crippen MR) is 114 cm³/mol. The molecule has 0 unspecified atom stereocenters. The molecule has 29 heavy (non-hydrogen) atoms. The van der Waals surface area contributed by atoms with Crippen LogP contribution in [0.15, 0.2) is 46.5 Å². The average Bonchev–Trinajstić information content (AvgIpc) is 3.02. The second kappa shape index (κ2) is 8.56. The van der Waals surface area contributed by atoms with Gasteiger partial charge in [0, 0.05) is 23.4 Å². The van der Waals surface area contributed by atoms with Crippen LogP contribution in [0.25, 0.3) is 11.0 Å². The van der Waals surface area contributed by atoms with E-state index in [1.165, 1.54) is 30.8 Å².